The third-order valence-electron chi connectivity index (χ3n) is 2.24. The second kappa shape index (κ2) is 3.09. The number of rotatable bonds is 0. The lowest BCUT2D eigenvalue weighted by atomic mass is 10.1. The molecule has 2 rings (SSSR count). The maximum Gasteiger partial charge on any atom is 0.131 e. The highest BCUT2D eigenvalue weighted by Gasteiger charge is 2.15. The van der Waals surface area contributed by atoms with Gasteiger partial charge in [0.05, 0.1) is 0 Å². The first-order valence-corrected chi connectivity index (χ1v) is 4.47. The lowest BCUT2D eigenvalue weighted by molar-refractivity contribution is 0.623. The van der Waals surface area contributed by atoms with Crippen LogP contribution >= 0.6 is 0 Å². The topological polar surface area (TPSA) is 39.1 Å². The number of hydrogen-bond donors (Lipinski definition) is 2. The molecule has 0 aromatic carbocycles. The zero-order chi connectivity index (χ0) is 9.26. The lowest BCUT2D eigenvalue weighted by Gasteiger charge is -2.25. The van der Waals surface area contributed by atoms with Crippen LogP contribution in [0.1, 0.15) is 13.3 Å². The summed E-state index contributed by atoms with van der Waals surface area (Å²) in [5.41, 5.74) is 0. The highest BCUT2D eigenvalue weighted by atomic mass is 15.3. The number of allylic oxidation sites excluding steroid dienone is 2. The average Bonchev–Trinajstić information content (AvgIpc) is 2.30. The number of fused-ring (bicyclic) bond motifs is 1. The van der Waals surface area contributed by atoms with Crippen molar-refractivity contribution in [3.8, 4) is 0 Å². The van der Waals surface area contributed by atoms with Crippen LogP contribution in [-0.4, -0.2) is 10.7 Å². The Labute approximate surface area is 77.9 Å². The maximum atomic E-state index is 7.68. The summed E-state index contributed by atoms with van der Waals surface area (Å²) >= 11 is 0. The molecule has 3 heteroatoms. The molecule has 0 saturated heterocycles. The van der Waals surface area contributed by atoms with Crippen molar-refractivity contribution < 1.29 is 0 Å². The van der Waals surface area contributed by atoms with Crippen LogP contribution < -0.4 is 5.32 Å². The molecule has 1 unspecified atom stereocenters. The monoisotopic (exact) mass is 175 g/mol. The molecule has 3 nitrogen and oxygen atoms in total. The minimum atomic E-state index is 0.510. The van der Waals surface area contributed by atoms with Gasteiger partial charge in [-0.3, -0.25) is 10.3 Å². The summed E-state index contributed by atoms with van der Waals surface area (Å²) < 4.78 is 0. The van der Waals surface area contributed by atoms with Crippen molar-refractivity contribution in [1.82, 2.24) is 10.2 Å². The van der Waals surface area contributed by atoms with E-state index in [1.54, 1.807) is 12.3 Å². The highest BCUT2D eigenvalue weighted by molar-refractivity contribution is 5.93. The third kappa shape index (κ3) is 1.49. The predicted octanol–water partition coefficient (Wildman–Crippen LogP) is 1.78. The molecule has 0 bridgehead atoms. The van der Waals surface area contributed by atoms with E-state index >= 15 is 0 Å². The Balaban J connectivity index is 2.33. The average molecular weight is 175 g/mol. The van der Waals surface area contributed by atoms with Crippen LogP contribution in [0, 0.1) is 11.3 Å². The van der Waals surface area contributed by atoms with Gasteiger partial charge in [-0.05, 0) is 24.5 Å². The summed E-state index contributed by atoms with van der Waals surface area (Å²) in [4.78, 5) is 1.85. The number of nitrogens with zero attached hydrogens (tertiary/aromatic N) is 1. The van der Waals surface area contributed by atoms with E-state index in [2.05, 4.69) is 24.4 Å². The van der Waals surface area contributed by atoms with Crippen LogP contribution in [0.5, 0.6) is 0 Å². The van der Waals surface area contributed by atoms with Crippen molar-refractivity contribution in [2.45, 2.75) is 13.3 Å². The lowest BCUT2D eigenvalue weighted by Crippen LogP contribution is -2.32. The Morgan fingerprint density at radius 2 is 2.46 bits per heavy atom. The van der Waals surface area contributed by atoms with E-state index in [-0.39, 0.29) is 0 Å². The van der Waals surface area contributed by atoms with Crippen LogP contribution in [0.4, 0.5) is 0 Å². The van der Waals surface area contributed by atoms with E-state index in [4.69, 9.17) is 5.41 Å². The fourth-order valence-electron chi connectivity index (χ4n) is 1.41. The molecule has 0 aromatic rings. The molecule has 0 saturated carbocycles. The smallest absolute Gasteiger partial charge is 0.131 e. The third-order valence-corrected chi connectivity index (χ3v) is 2.24. The summed E-state index contributed by atoms with van der Waals surface area (Å²) in [6.45, 7) is 2.17. The number of hydrogen-bond acceptors (Lipinski definition) is 2. The molecule has 0 aromatic heterocycles. The van der Waals surface area contributed by atoms with Crippen LogP contribution in [0.2, 0.25) is 0 Å². The van der Waals surface area contributed by atoms with Crippen LogP contribution in [-0.2, 0) is 0 Å². The Hall–Kier alpha value is -1.51. The Bertz CT molecular complexity index is 312. The molecule has 13 heavy (non-hydrogen) atoms. The molecular weight excluding hydrogens is 162 g/mol. The van der Waals surface area contributed by atoms with Crippen LogP contribution in [0.25, 0.3) is 0 Å². The SMILES string of the molecule is CC1C=CN2C(=N)C=CNC2=CC1. The molecule has 1 atom stereocenters. The first-order valence-electron chi connectivity index (χ1n) is 4.47. The second-order valence-electron chi connectivity index (χ2n) is 3.38. The predicted molar refractivity (Wildman–Crippen MR) is 52.8 cm³/mol. The molecule has 0 radical (unpaired) electrons. The van der Waals surface area contributed by atoms with Crippen LogP contribution in [0.3, 0.4) is 0 Å². The van der Waals surface area contributed by atoms with E-state index in [1.807, 2.05) is 11.1 Å². The van der Waals surface area contributed by atoms with Crippen LogP contribution in [0.15, 0.2) is 36.4 Å². The summed E-state index contributed by atoms with van der Waals surface area (Å²) in [6, 6.07) is 0. The molecule has 2 N–H and O–H groups in total. The van der Waals surface area contributed by atoms with Gasteiger partial charge in [0.1, 0.15) is 11.7 Å². The molecule has 0 spiro atoms. The minimum absolute atomic E-state index is 0.510. The molecular formula is C10H13N3. The fraction of sp³-hybridized carbons (Fsp3) is 0.300. The van der Waals surface area contributed by atoms with Crippen molar-refractivity contribution in [3.63, 3.8) is 0 Å². The van der Waals surface area contributed by atoms with Crippen molar-refractivity contribution in [2.75, 3.05) is 0 Å². The molecule has 2 aliphatic heterocycles. The molecule has 0 aliphatic carbocycles. The summed E-state index contributed by atoms with van der Waals surface area (Å²) in [7, 11) is 0. The summed E-state index contributed by atoms with van der Waals surface area (Å²) in [5.74, 6) is 2.05. The first-order chi connectivity index (χ1) is 6.27. The van der Waals surface area contributed by atoms with Crippen molar-refractivity contribution in [1.29, 1.82) is 5.41 Å². The van der Waals surface area contributed by atoms with E-state index < -0.39 is 0 Å². The fourth-order valence-corrected chi connectivity index (χ4v) is 1.41. The van der Waals surface area contributed by atoms with E-state index in [1.165, 1.54) is 0 Å². The van der Waals surface area contributed by atoms with Crippen molar-refractivity contribution >= 4 is 5.84 Å². The molecule has 68 valence electrons. The largest absolute Gasteiger partial charge is 0.348 e. The number of amidine groups is 1. The molecule has 0 fully saturated rings. The summed E-state index contributed by atoms with van der Waals surface area (Å²) in [5, 5.41) is 10.8. The normalized spacial score (nSPS) is 26.2. The van der Waals surface area contributed by atoms with Gasteiger partial charge in [-0.1, -0.05) is 13.0 Å². The van der Waals surface area contributed by atoms with Gasteiger partial charge in [0.2, 0.25) is 0 Å². The molecule has 2 heterocycles. The Kier molecular flexibility index (Phi) is 1.93. The van der Waals surface area contributed by atoms with Crippen molar-refractivity contribution in [2.24, 2.45) is 5.92 Å². The van der Waals surface area contributed by atoms with Gasteiger partial charge in [-0.15, -0.1) is 0 Å². The van der Waals surface area contributed by atoms with Gasteiger partial charge in [-0.25, -0.2) is 0 Å². The molecule has 2 aliphatic rings. The van der Waals surface area contributed by atoms with Gasteiger partial charge in [0.15, 0.2) is 0 Å². The van der Waals surface area contributed by atoms with E-state index in [0.29, 0.717) is 11.8 Å². The quantitative estimate of drug-likeness (QED) is 0.589. The highest BCUT2D eigenvalue weighted by Crippen LogP contribution is 2.17. The zero-order valence-electron chi connectivity index (χ0n) is 7.62. The first kappa shape index (κ1) is 8.10. The minimum Gasteiger partial charge on any atom is -0.348 e. The van der Waals surface area contributed by atoms with Crippen molar-refractivity contribution in [3.05, 3.63) is 36.4 Å². The zero-order valence-corrected chi connectivity index (χ0v) is 7.62. The van der Waals surface area contributed by atoms with E-state index in [0.717, 1.165) is 12.2 Å². The van der Waals surface area contributed by atoms with Gasteiger partial charge in [0, 0.05) is 12.4 Å². The summed E-state index contributed by atoms with van der Waals surface area (Å²) in [6.07, 6.45) is 10.8. The Morgan fingerprint density at radius 3 is 3.31 bits per heavy atom. The molecule has 0 amide bonds. The van der Waals surface area contributed by atoms with Gasteiger partial charge in [0.25, 0.3) is 0 Å². The Morgan fingerprint density at radius 1 is 1.62 bits per heavy atom. The van der Waals surface area contributed by atoms with Gasteiger partial charge in [-0.2, -0.15) is 0 Å². The van der Waals surface area contributed by atoms with Gasteiger partial charge >= 0.3 is 0 Å². The van der Waals surface area contributed by atoms with Gasteiger partial charge < -0.3 is 5.32 Å². The second-order valence-corrected chi connectivity index (χ2v) is 3.38. The van der Waals surface area contributed by atoms with E-state index in [9.17, 15) is 0 Å². The standard InChI is InChI=1S/C10H13N3/c1-8-2-3-10-12-6-4-9(11)13(10)7-5-8/h3-8,11-12H,2H2,1H3. The maximum absolute atomic E-state index is 7.68. The number of nitrogens with one attached hydrogen (secondary N) is 2.